The molecule has 3 fully saturated rings. The molecule has 1 unspecified atom stereocenters. The zero-order valence-electron chi connectivity index (χ0n) is 11.7. The number of carboxylic acids is 1. The standard InChI is InChI=1S/C16H26O2/c1-16(2)13-9-12(10-14(16)11-13)7-5-3-4-6-8-15(17)18/h3,5,12-14H,4,6-11H2,1-2H3,(H,17,18)/b5-3-/t12?,13-,14+. The number of carbonyl (C=O) groups is 1. The third kappa shape index (κ3) is 2.96. The van der Waals surface area contributed by atoms with E-state index >= 15 is 0 Å². The van der Waals surface area contributed by atoms with Gasteiger partial charge in [-0.05, 0) is 61.7 Å². The molecule has 2 heteroatoms. The maximum absolute atomic E-state index is 10.4. The lowest BCUT2D eigenvalue weighted by atomic mass is 9.46. The second kappa shape index (κ2) is 5.46. The molecule has 0 radical (unpaired) electrons. The fourth-order valence-corrected chi connectivity index (χ4v) is 3.79. The Morgan fingerprint density at radius 3 is 2.44 bits per heavy atom. The first-order chi connectivity index (χ1) is 8.50. The van der Waals surface area contributed by atoms with Crippen LogP contribution in [-0.4, -0.2) is 11.1 Å². The average Bonchev–Trinajstić information content (AvgIpc) is 2.33. The van der Waals surface area contributed by atoms with Gasteiger partial charge in [0, 0.05) is 6.42 Å². The molecule has 3 saturated carbocycles. The molecule has 0 aromatic rings. The molecule has 102 valence electrons. The first-order valence-corrected chi connectivity index (χ1v) is 7.37. The second-order valence-corrected chi connectivity index (χ2v) is 6.78. The number of hydrogen-bond donors (Lipinski definition) is 1. The molecule has 3 aliphatic carbocycles. The van der Waals surface area contributed by atoms with Crippen molar-refractivity contribution < 1.29 is 9.90 Å². The Hall–Kier alpha value is -0.790. The summed E-state index contributed by atoms with van der Waals surface area (Å²) in [6, 6.07) is 0. The normalized spacial score (nSPS) is 33.3. The van der Waals surface area contributed by atoms with Gasteiger partial charge in [0.25, 0.3) is 0 Å². The topological polar surface area (TPSA) is 37.3 Å². The molecular weight excluding hydrogens is 224 g/mol. The van der Waals surface area contributed by atoms with Crippen LogP contribution in [0.2, 0.25) is 0 Å². The number of carboxylic acid groups (broad SMARTS) is 1. The van der Waals surface area contributed by atoms with E-state index in [4.69, 9.17) is 5.11 Å². The Labute approximate surface area is 110 Å². The van der Waals surface area contributed by atoms with Crippen molar-refractivity contribution in [2.24, 2.45) is 23.2 Å². The summed E-state index contributed by atoms with van der Waals surface area (Å²) in [4.78, 5) is 10.4. The Bertz CT molecular complexity index is 316. The summed E-state index contributed by atoms with van der Waals surface area (Å²) in [5, 5.41) is 8.53. The largest absolute Gasteiger partial charge is 0.481 e. The maximum Gasteiger partial charge on any atom is 0.303 e. The van der Waals surface area contributed by atoms with Gasteiger partial charge in [0.2, 0.25) is 0 Å². The number of unbranched alkanes of at least 4 members (excludes halogenated alkanes) is 1. The van der Waals surface area contributed by atoms with E-state index in [0.29, 0.717) is 11.8 Å². The molecule has 3 rings (SSSR count). The summed E-state index contributed by atoms with van der Waals surface area (Å²) in [5.74, 6) is 2.12. The monoisotopic (exact) mass is 250 g/mol. The minimum Gasteiger partial charge on any atom is -0.481 e. The molecule has 18 heavy (non-hydrogen) atoms. The second-order valence-electron chi connectivity index (χ2n) is 6.78. The van der Waals surface area contributed by atoms with Crippen LogP contribution in [0.1, 0.15) is 58.8 Å². The predicted octanol–water partition coefficient (Wildman–Crippen LogP) is 4.26. The Kier molecular flexibility index (Phi) is 4.14. The molecule has 3 atom stereocenters. The summed E-state index contributed by atoms with van der Waals surface area (Å²) in [7, 11) is 0. The van der Waals surface area contributed by atoms with E-state index < -0.39 is 5.97 Å². The van der Waals surface area contributed by atoms with Crippen molar-refractivity contribution >= 4 is 5.97 Å². The number of aliphatic carboxylic acids is 1. The van der Waals surface area contributed by atoms with Crippen molar-refractivity contribution in [1.82, 2.24) is 0 Å². The lowest BCUT2D eigenvalue weighted by molar-refractivity contribution is -0.137. The molecule has 0 aromatic heterocycles. The molecule has 3 aliphatic rings. The molecular formula is C16H26O2. The van der Waals surface area contributed by atoms with Gasteiger partial charge in [0.05, 0.1) is 0 Å². The molecule has 0 saturated heterocycles. The predicted molar refractivity (Wildman–Crippen MR) is 73.3 cm³/mol. The Morgan fingerprint density at radius 1 is 1.22 bits per heavy atom. The van der Waals surface area contributed by atoms with Crippen LogP contribution in [-0.2, 0) is 4.79 Å². The lowest BCUT2D eigenvalue weighted by Gasteiger charge is -2.59. The van der Waals surface area contributed by atoms with E-state index in [9.17, 15) is 4.79 Å². The number of hydrogen-bond acceptors (Lipinski definition) is 1. The Balaban J connectivity index is 1.61. The van der Waals surface area contributed by atoms with Gasteiger partial charge in [0.1, 0.15) is 0 Å². The quantitative estimate of drug-likeness (QED) is 0.565. The highest BCUT2D eigenvalue weighted by atomic mass is 16.4. The van der Waals surface area contributed by atoms with Crippen molar-refractivity contribution in [3.63, 3.8) is 0 Å². The van der Waals surface area contributed by atoms with Crippen LogP contribution in [0.3, 0.4) is 0 Å². The Morgan fingerprint density at radius 2 is 1.89 bits per heavy atom. The van der Waals surface area contributed by atoms with Crippen molar-refractivity contribution in [3.8, 4) is 0 Å². The zero-order valence-corrected chi connectivity index (χ0v) is 11.7. The van der Waals surface area contributed by atoms with Gasteiger partial charge in [-0.25, -0.2) is 0 Å². The van der Waals surface area contributed by atoms with Crippen LogP contribution < -0.4 is 0 Å². The highest BCUT2D eigenvalue weighted by molar-refractivity contribution is 5.66. The fraction of sp³-hybridized carbons (Fsp3) is 0.812. The van der Waals surface area contributed by atoms with Crippen LogP contribution in [0.15, 0.2) is 12.2 Å². The van der Waals surface area contributed by atoms with Crippen molar-refractivity contribution in [3.05, 3.63) is 12.2 Å². The molecule has 1 N–H and O–H groups in total. The first-order valence-electron chi connectivity index (χ1n) is 7.37. The highest BCUT2D eigenvalue weighted by Crippen LogP contribution is 2.61. The summed E-state index contributed by atoms with van der Waals surface area (Å²) in [6.07, 6.45) is 11.9. The van der Waals surface area contributed by atoms with E-state index in [2.05, 4.69) is 26.0 Å². The molecule has 2 bridgehead atoms. The minimum absolute atomic E-state index is 0.298. The van der Waals surface area contributed by atoms with Gasteiger partial charge in [-0.15, -0.1) is 0 Å². The van der Waals surface area contributed by atoms with Crippen LogP contribution in [0.25, 0.3) is 0 Å². The molecule has 2 nitrogen and oxygen atoms in total. The molecule has 0 amide bonds. The summed E-state index contributed by atoms with van der Waals surface area (Å²) < 4.78 is 0. The molecule has 0 aliphatic heterocycles. The van der Waals surface area contributed by atoms with Gasteiger partial charge in [0.15, 0.2) is 0 Å². The number of rotatable bonds is 6. The van der Waals surface area contributed by atoms with E-state index in [-0.39, 0.29) is 0 Å². The van der Waals surface area contributed by atoms with E-state index in [1.54, 1.807) is 0 Å². The maximum atomic E-state index is 10.4. The van der Waals surface area contributed by atoms with Crippen LogP contribution in [0.5, 0.6) is 0 Å². The molecule has 0 aromatic carbocycles. The first kappa shape index (κ1) is 13.6. The summed E-state index contributed by atoms with van der Waals surface area (Å²) in [5.41, 5.74) is 0.613. The lowest BCUT2D eigenvalue weighted by Crippen LogP contribution is -2.50. The minimum atomic E-state index is -0.682. The average molecular weight is 250 g/mol. The third-order valence-corrected chi connectivity index (χ3v) is 5.31. The number of allylic oxidation sites excluding steroid dienone is 2. The van der Waals surface area contributed by atoms with Gasteiger partial charge >= 0.3 is 5.97 Å². The molecule has 0 heterocycles. The highest BCUT2D eigenvalue weighted by Gasteiger charge is 2.52. The van der Waals surface area contributed by atoms with Crippen LogP contribution in [0, 0.1) is 23.2 Å². The zero-order chi connectivity index (χ0) is 13.2. The van der Waals surface area contributed by atoms with Gasteiger partial charge in [-0.1, -0.05) is 26.0 Å². The fourth-order valence-electron chi connectivity index (χ4n) is 3.79. The van der Waals surface area contributed by atoms with E-state index in [1.807, 2.05) is 0 Å². The van der Waals surface area contributed by atoms with Crippen molar-refractivity contribution in [1.29, 1.82) is 0 Å². The van der Waals surface area contributed by atoms with Crippen LogP contribution >= 0.6 is 0 Å². The summed E-state index contributed by atoms with van der Waals surface area (Å²) >= 11 is 0. The summed E-state index contributed by atoms with van der Waals surface area (Å²) in [6.45, 7) is 4.87. The van der Waals surface area contributed by atoms with Crippen LogP contribution in [0.4, 0.5) is 0 Å². The molecule has 0 spiro atoms. The van der Waals surface area contributed by atoms with Crippen molar-refractivity contribution in [2.45, 2.75) is 58.8 Å². The SMILES string of the molecule is CC1(C)[C@@H]2CC(C/C=C\CCCC(=O)O)C[C@H]1C2. The van der Waals surface area contributed by atoms with Gasteiger partial charge < -0.3 is 5.11 Å². The van der Waals surface area contributed by atoms with Gasteiger partial charge in [-0.3, -0.25) is 4.79 Å². The van der Waals surface area contributed by atoms with E-state index in [0.717, 1.165) is 30.6 Å². The smallest absolute Gasteiger partial charge is 0.303 e. The van der Waals surface area contributed by atoms with Crippen molar-refractivity contribution in [2.75, 3.05) is 0 Å². The van der Waals surface area contributed by atoms with Gasteiger partial charge in [-0.2, -0.15) is 0 Å². The third-order valence-electron chi connectivity index (χ3n) is 5.31. The number of fused-ring (bicyclic) bond motifs is 2. The van der Waals surface area contributed by atoms with E-state index in [1.165, 1.54) is 25.7 Å².